The second-order valence-electron chi connectivity index (χ2n) is 4.96. The van der Waals surface area contributed by atoms with Crippen LogP contribution in [0.3, 0.4) is 0 Å². The largest absolute Gasteiger partial charge is 0.493 e. The number of nitrogens with one attached hydrogen (secondary N) is 2. The lowest BCUT2D eigenvalue weighted by Gasteiger charge is -2.09. The molecule has 0 radical (unpaired) electrons. The predicted octanol–water partition coefficient (Wildman–Crippen LogP) is 3.92. The van der Waals surface area contributed by atoms with Crippen LogP contribution < -0.4 is 20.1 Å². The van der Waals surface area contributed by atoms with E-state index >= 15 is 0 Å². The zero-order chi connectivity index (χ0) is 17.8. The lowest BCUT2D eigenvalue weighted by atomic mass is 10.3. The fourth-order valence-electron chi connectivity index (χ4n) is 2.05. The number of anilines is 3. The van der Waals surface area contributed by atoms with Crippen molar-refractivity contribution in [2.24, 2.45) is 0 Å². The van der Waals surface area contributed by atoms with E-state index in [-0.39, 0.29) is 5.91 Å². The molecular weight excluding hydrogens is 360 g/mol. The standard InChI is InChI=1S/C16H16N4O3S2/c1-9-7-17-15(25-9)20-14(21)11-8-24-16(19-11)18-10-4-5-12(22-2)13(6-10)23-3/h4-8H,1-3H3,(H,18,19)(H,17,20,21). The monoisotopic (exact) mass is 376 g/mol. The summed E-state index contributed by atoms with van der Waals surface area (Å²) in [6, 6.07) is 5.45. The molecule has 2 N–H and O–H groups in total. The Labute approximate surface area is 152 Å². The van der Waals surface area contributed by atoms with E-state index in [2.05, 4.69) is 20.6 Å². The van der Waals surface area contributed by atoms with Gasteiger partial charge in [-0.25, -0.2) is 9.97 Å². The van der Waals surface area contributed by atoms with E-state index in [9.17, 15) is 4.79 Å². The van der Waals surface area contributed by atoms with Gasteiger partial charge in [-0.15, -0.1) is 22.7 Å². The topological polar surface area (TPSA) is 85.4 Å². The number of aromatic nitrogens is 2. The number of hydrogen-bond donors (Lipinski definition) is 2. The average Bonchev–Trinajstić information content (AvgIpc) is 3.24. The molecule has 0 aliphatic rings. The summed E-state index contributed by atoms with van der Waals surface area (Å²) >= 11 is 2.76. The van der Waals surface area contributed by atoms with Gasteiger partial charge in [-0.1, -0.05) is 0 Å². The molecule has 0 spiro atoms. The van der Waals surface area contributed by atoms with Crippen LogP contribution in [-0.2, 0) is 0 Å². The number of hydrogen-bond acceptors (Lipinski definition) is 8. The molecule has 7 nitrogen and oxygen atoms in total. The van der Waals surface area contributed by atoms with Gasteiger partial charge in [0.05, 0.1) is 14.2 Å². The van der Waals surface area contributed by atoms with Gasteiger partial charge in [0.25, 0.3) is 5.91 Å². The zero-order valence-electron chi connectivity index (χ0n) is 13.8. The number of amides is 1. The van der Waals surface area contributed by atoms with Gasteiger partial charge in [0.1, 0.15) is 5.69 Å². The van der Waals surface area contributed by atoms with Gasteiger partial charge >= 0.3 is 0 Å². The quantitative estimate of drug-likeness (QED) is 0.678. The molecule has 25 heavy (non-hydrogen) atoms. The van der Waals surface area contributed by atoms with Gasteiger partial charge in [-0.05, 0) is 19.1 Å². The number of ether oxygens (including phenoxy) is 2. The Balaban J connectivity index is 1.70. The average molecular weight is 376 g/mol. The van der Waals surface area contributed by atoms with Crippen molar-refractivity contribution in [2.45, 2.75) is 6.92 Å². The highest BCUT2D eigenvalue weighted by Gasteiger charge is 2.13. The Kier molecular flexibility index (Phi) is 5.15. The highest BCUT2D eigenvalue weighted by molar-refractivity contribution is 7.15. The van der Waals surface area contributed by atoms with E-state index in [1.165, 1.54) is 22.7 Å². The van der Waals surface area contributed by atoms with E-state index < -0.39 is 0 Å². The van der Waals surface area contributed by atoms with E-state index in [1.54, 1.807) is 37.9 Å². The van der Waals surface area contributed by atoms with E-state index in [0.29, 0.717) is 27.5 Å². The van der Waals surface area contributed by atoms with E-state index in [4.69, 9.17) is 9.47 Å². The van der Waals surface area contributed by atoms with Crippen LogP contribution in [0.4, 0.5) is 16.0 Å². The Hall–Kier alpha value is -2.65. The van der Waals surface area contributed by atoms with Gasteiger partial charge in [0, 0.05) is 28.2 Å². The normalized spacial score (nSPS) is 10.4. The molecule has 9 heteroatoms. The van der Waals surface area contributed by atoms with Crippen LogP contribution in [0.15, 0.2) is 29.8 Å². The number of thiazole rings is 2. The second kappa shape index (κ2) is 7.49. The first-order valence-electron chi connectivity index (χ1n) is 7.27. The number of carbonyl (C=O) groups excluding carboxylic acids is 1. The summed E-state index contributed by atoms with van der Waals surface area (Å²) < 4.78 is 10.5. The first-order chi connectivity index (χ1) is 12.1. The molecule has 3 rings (SSSR count). The SMILES string of the molecule is COc1ccc(Nc2nc(C(=O)Nc3ncc(C)s3)cs2)cc1OC. The fraction of sp³-hybridized carbons (Fsp3) is 0.188. The van der Waals surface area contributed by atoms with Crippen molar-refractivity contribution in [1.29, 1.82) is 0 Å². The van der Waals surface area contributed by atoms with Crippen LogP contribution >= 0.6 is 22.7 Å². The number of rotatable bonds is 6. The number of carbonyl (C=O) groups is 1. The molecule has 130 valence electrons. The van der Waals surface area contributed by atoms with E-state index in [1.807, 2.05) is 13.0 Å². The third-order valence-corrected chi connectivity index (χ3v) is 4.80. The minimum absolute atomic E-state index is 0.286. The molecule has 0 unspecified atom stereocenters. The molecule has 0 aliphatic carbocycles. The zero-order valence-corrected chi connectivity index (χ0v) is 15.5. The maximum absolute atomic E-state index is 12.2. The van der Waals surface area contributed by atoms with Crippen molar-refractivity contribution in [3.63, 3.8) is 0 Å². The van der Waals surface area contributed by atoms with Crippen LogP contribution in [-0.4, -0.2) is 30.1 Å². The molecule has 0 fully saturated rings. The van der Waals surface area contributed by atoms with Gasteiger partial charge in [0.2, 0.25) is 0 Å². The van der Waals surface area contributed by atoms with Gasteiger partial charge in [0.15, 0.2) is 21.8 Å². The lowest BCUT2D eigenvalue weighted by molar-refractivity contribution is 0.102. The lowest BCUT2D eigenvalue weighted by Crippen LogP contribution is -2.12. The third kappa shape index (κ3) is 4.06. The second-order valence-corrected chi connectivity index (χ2v) is 7.06. The number of nitrogens with zero attached hydrogens (tertiary/aromatic N) is 2. The summed E-state index contributed by atoms with van der Waals surface area (Å²) in [6.45, 7) is 1.93. The summed E-state index contributed by atoms with van der Waals surface area (Å²) in [4.78, 5) is 21.7. The maximum Gasteiger partial charge on any atom is 0.276 e. The molecule has 0 bridgehead atoms. The van der Waals surface area contributed by atoms with Crippen molar-refractivity contribution < 1.29 is 14.3 Å². The number of aryl methyl sites for hydroxylation is 1. The molecule has 0 saturated carbocycles. The molecule has 0 aliphatic heterocycles. The molecule has 3 aromatic rings. The summed E-state index contributed by atoms with van der Waals surface area (Å²) in [5, 5.41) is 8.75. The van der Waals surface area contributed by atoms with Crippen molar-refractivity contribution >= 4 is 44.5 Å². The fourth-order valence-corrected chi connectivity index (χ4v) is 3.42. The maximum atomic E-state index is 12.2. The Bertz CT molecular complexity index is 891. The number of methoxy groups -OCH3 is 2. The summed E-state index contributed by atoms with van der Waals surface area (Å²) in [7, 11) is 3.16. The van der Waals surface area contributed by atoms with Crippen LogP contribution in [0, 0.1) is 6.92 Å². The van der Waals surface area contributed by atoms with Crippen molar-refractivity contribution in [3.8, 4) is 11.5 Å². The van der Waals surface area contributed by atoms with Crippen LogP contribution in [0.2, 0.25) is 0 Å². The molecule has 0 saturated heterocycles. The summed E-state index contributed by atoms with van der Waals surface area (Å²) in [5.41, 5.74) is 1.12. The molecule has 0 atom stereocenters. The minimum Gasteiger partial charge on any atom is -0.493 e. The van der Waals surface area contributed by atoms with Crippen molar-refractivity contribution in [2.75, 3.05) is 24.9 Å². The van der Waals surface area contributed by atoms with Crippen LogP contribution in [0.25, 0.3) is 0 Å². The van der Waals surface area contributed by atoms with Crippen molar-refractivity contribution in [3.05, 3.63) is 40.3 Å². The first-order valence-corrected chi connectivity index (χ1v) is 8.97. The highest BCUT2D eigenvalue weighted by atomic mass is 32.1. The Morgan fingerprint density at radius 2 is 1.96 bits per heavy atom. The summed E-state index contributed by atoms with van der Waals surface area (Å²) in [5.74, 6) is 0.970. The predicted molar refractivity (Wildman–Crippen MR) is 99.7 cm³/mol. The molecule has 1 aromatic carbocycles. The van der Waals surface area contributed by atoms with Gasteiger partial charge < -0.3 is 14.8 Å². The van der Waals surface area contributed by atoms with Crippen LogP contribution in [0.5, 0.6) is 11.5 Å². The Morgan fingerprint density at radius 3 is 2.64 bits per heavy atom. The van der Waals surface area contributed by atoms with Gasteiger partial charge in [-0.2, -0.15) is 0 Å². The van der Waals surface area contributed by atoms with Crippen molar-refractivity contribution in [1.82, 2.24) is 9.97 Å². The summed E-state index contributed by atoms with van der Waals surface area (Å²) in [6.07, 6.45) is 1.71. The highest BCUT2D eigenvalue weighted by Crippen LogP contribution is 2.31. The third-order valence-electron chi connectivity index (χ3n) is 3.21. The van der Waals surface area contributed by atoms with Gasteiger partial charge in [-0.3, -0.25) is 10.1 Å². The Morgan fingerprint density at radius 1 is 1.16 bits per heavy atom. The first kappa shape index (κ1) is 17.2. The molecular formula is C16H16N4O3S2. The minimum atomic E-state index is -0.286. The van der Waals surface area contributed by atoms with Crippen LogP contribution in [0.1, 0.15) is 15.4 Å². The van der Waals surface area contributed by atoms with E-state index in [0.717, 1.165) is 10.6 Å². The number of benzene rings is 1. The molecule has 1 amide bonds. The smallest absolute Gasteiger partial charge is 0.276 e. The molecule has 2 heterocycles. The molecule has 2 aromatic heterocycles.